The Morgan fingerprint density at radius 2 is 1.87 bits per heavy atom. The topological polar surface area (TPSA) is 69.9 Å². The van der Waals surface area contributed by atoms with Crippen LogP contribution in [0.1, 0.15) is 11.3 Å². The Morgan fingerprint density at radius 3 is 2.39 bits per heavy atom. The van der Waals surface area contributed by atoms with E-state index in [-0.39, 0.29) is 5.91 Å². The number of nitrogens with one attached hydrogen (secondary N) is 1. The molecule has 1 N–H and O–H groups in total. The molecule has 0 unspecified atom stereocenters. The molecule has 122 valence electrons. The summed E-state index contributed by atoms with van der Waals surface area (Å²) < 4.78 is 20.9. The second-order valence-corrected chi connectivity index (χ2v) is 4.59. The Morgan fingerprint density at radius 1 is 1.17 bits per heavy atom. The summed E-state index contributed by atoms with van der Waals surface area (Å²) >= 11 is 0. The summed E-state index contributed by atoms with van der Waals surface area (Å²) in [5.74, 6) is 2.04. The van der Waals surface area contributed by atoms with Gasteiger partial charge in [-0.05, 0) is 35.9 Å². The van der Waals surface area contributed by atoms with Crippen LogP contribution in [0.4, 0.5) is 0 Å². The van der Waals surface area contributed by atoms with Gasteiger partial charge < -0.3 is 23.9 Å². The van der Waals surface area contributed by atoms with Gasteiger partial charge in [0, 0.05) is 6.08 Å². The molecule has 1 amide bonds. The number of furan rings is 1. The van der Waals surface area contributed by atoms with E-state index in [1.165, 1.54) is 13.2 Å². The van der Waals surface area contributed by atoms with Gasteiger partial charge >= 0.3 is 0 Å². The number of carbonyl (C=O) groups is 1. The van der Waals surface area contributed by atoms with Crippen LogP contribution < -0.4 is 19.5 Å². The van der Waals surface area contributed by atoms with E-state index in [4.69, 9.17) is 18.6 Å². The summed E-state index contributed by atoms with van der Waals surface area (Å²) in [7, 11) is 4.62. The van der Waals surface area contributed by atoms with E-state index in [9.17, 15) is 4.79 Å². The number of amides is 1. The van der Waals surface area contributed by atoms with E-state index in [0.717, 1.165) is 5.56 Å². The number of benzene rings is 1. The van der Waals surface area contributed by atoms with Crippen LogP contribution in [0.2, 0.25) is 0 Å². The van der Waals surface area contributed by atoms with Crippen molar-refractivity contribution < 1.29 is 23.4 Å². The van der Waals surface area contributed by atoms with Crippen LogP contribution in [0.5, 0.6) is 17.2 Å². The monoisotopic (exact) mass is 317 g/mol. The van der Waals surface area contributed by atoms with Crippen molar-refractivity contribution in [1.29, 1.82) is 0 Å². The number of hydrogen-bond acceptors (Lipinski definition) is 5. The summed E-state index contributed by atoms with van der Waals surface area (Å²) in [5.41, 5.74) is 0.757. The van der Waals surface area contributed by atoms with E-state index in [0.29, 0.717) is 29.6 Å². The van der Waals surface area contributed by atoms with Crippen LogP contribution in [-0.2, 0) is 11.3 Å². The molecule has 0 saturated heterocycles. The molecule has 6 heteroatoms. The first-order chi connectivity index (χ1) is 11.2. The fraction of sp³-hybridized carbons (Fsp3) is 0.235. The Kier molecular flexibility index (Phi) is 5.68. The summed E-state index contributed by atoms with van der Waals surface area (Å²) in [4.78, 5) is 11.8. The van der Waals surface area contributed by atoms with Crippen LogP contribution in [0, 0.1) is 0 Å². The summed E-state index contributed by atoms with van der Waals surface area (Å²) in [6, 6.07) is 7.09. The molecule has 23 heavy (non-hydrogen) atoms. The third-order valence-corrected chi connectivity index (χ3v) is 3.13. The minimum Gasteiger partial charge on any atom is -0.493 e. The van der Waals surface area contributed by atoms with Crippen molar-refractivity contribution in [2.45, 2.75) is 6.54 Å². The SMILES string of the molecule is COc1cc(C=CC(=O)NCc2ccco2)cc(OC)c1OC. The van der Waals surface area contributed by atoms with Crippen molar-refractivity contribution in [1.82, 2.24) is 5.32 Å². The van der Waals surface area contributed by atoms with E-state index in [1.54, 1.807) is 50.8 Å². The van der Waals surface area contributed by atoms with Crippen molar-refractivity contribution in [2.24, 2.45) is 0 Å². The molecule has 0 bridgehead atoms. The van der Waals surface area contributed by atoms with Crippen molar-refractivity contribution >= 4 is 12.0 Å². The van der Waals surface area contributed by atoms with E-state index < -0.39 is 0 Å². The molecule has 0 spiro atoms. The molecular weight excluding hydrogens is 298 g/mol. The van der Waals surface area contributed by atoms with Gasteiger partial charge in [-0.25, -0.2) is 0 Å². The Balaban J connectivity index is 2.07. The van der Waals surface area contributed by atoms with Gasteiger partial charge in [0.2, 0.25) is 11.7 Å². The first kappa shape index (κ1) is 16.5. The quantitative estimate of drug-likeness (QED) is 0.795. The number of hydrogen-bond donors (Lipinski definition) is 1. The fourth-order valence-electron chi connectivity index (χ4n) is 2.02. The van der Waals surface area contributed by atoms with E-state index in [2.05, 4.69) is 5.32 Å². The maximum absolute atomic E-state index is 11.8. The molecule has 1 heterocycles. The highest BCUT2D eigenvalue weighted by Crippen LogP contribution is 2.38. The van der Waals surface area contributed by atoms with E-state index in [1.807, 2.05) is 0 Å². The Hall–Kier alpha value is -2.89. The largest absolute Gasteiger partial charge is 0.493 e. The molecule has 6 nitrogen and oxygen atoms in total. The molecule has 1 aromatic heterocycles. The molecule has 1 aromatic carbocycles. The van der Waals surface area contributed by atoms with Crippen LogP contribution >= 0.6 is 0 Å². The lowest BCUT2D eigenvalue weighted by Crippen LogP contribution is -2.19. The van der Waals surface area contributed by atoms with Gasteiger partial charge in [0.05, 0.1) is 34.1 Å². The maximum atomic E-state index is 11.8. The maximum Gasteiger partial charge on any atom is 0.244 e. The standard InChI is InChI=1S/C17H19NO5/c1-20-14-9-12(10-15(21-2)17(14)22-3)6-7-16(19)18-11-13-5-4-8-23-13/h4-10H,11H2,1-3H3,(H,18,19). The second kappa shape index (κ2) is 7.93. The van der Waals surface area contributed by atoms with Gasteiger partial charge in [0.15, 0.2) is 11.5 Å². The van der Waals surface area contributed by atoms with Gasteiger partial charge in [-0.1, -0.05) is 0 Å². The highest BCUT2D eigenvalue weighted by atomic mass is 16.5. The lowest BCUT2D eigenvalue weighted by molar-refractivity contribution is -0.116. The summed E-state index contributed by atoms with van der Waals surface area (Å²) in [5, 5.41) is 2.73. The van der Waals surface area contributed by atoms with E-state index >= 15 is 0 Å². The van der Waals surface area contributed by atoms with Gasteiger partial charge in [-0.3, -0.25) is 4.79 Å². The normalized spacial score (nSPS) is 10.6. The second-order valence-electron chi connectivity index (χ2n) is 4.59. The molecule has 0 aliphatic carbocycles. The fourth-order valence-corrected chi connectivity index (χ4v) is 2.02. The number of rotatable bonds is 7. The average molecular weight is 317 g/mol. The molecule has 0 saturated carbocycles. The smallest absolute Gasteiger partial charge is 0.244 e. The predicted octanol–water partition coefficient (Wildman–Crippen LogP) is 2.64. The number of ether oxygens (including phenoxy) is 3. The first-order valence-electron chi connectivity index (χ1n) is 6.96. The molecule has 2 aromatic rings. The molecular formula is C17H19NO5. The van der Waals surface area contributed by atoms with Gasteiger partial charge in [0.25, 0.3) is 0 Å². The van der Waals surface area contributed by atoms with Crippen LogP contribution in [-0.4, -0.2) is 27.2 Å². The lowest BCUT2D eigenvalue weighted by atomic mass is 10.1. The molecule has 0 aliphatic rings. The van der Waals surface area contributed by atoms with Crippen LogP contribution in [0.3, 0.4) is 0 Å². The number of carbonyl (C=O) groups excluding carboxylic acids is 1. The zero-order valence-electron chi connectivity index (χ0n) is 13.3. The molecule has 2 rings (SSSR count). The predicted molar refractivity (Wildman–Crippen MR) is 85.7 cm³/mol. The van der Waals surface area contributed by atoms with Crippen molar-refractivity contribution in [3.63, 3.8) is 0 Å². The molecule has 0 atom stereocenters. The van der Waals surface area contributed by atoms with Gasteiger partial charge in [-0.2, -0.15) is 0 Å². The van der Waals surface area contributed by atoms with Crippen LogP contribution in [0.25, 0.3) is 6.08 Å². The zero-order valence-corrected chi connectivity index (χ0v) is 13.3. The highest BCUT2D eigenvalue weighted by molar-refractivity contribution is 5.91. The average Bonchev–Trinajstić information content (AvgIpc) is 3.10. The Bertz CT molecular complexity index is 651. The Labute approximate surface area is 134 Å². The first-order valence-corrected chi connectivity index (χ1v) is 6.96. The third-order valence-electron chi connectivity index (χ3n) is 3.13. The van der Waals surface area contributed by atoms with Gasteiger partial charge in [0.1, 0.15) is 5.76 Å². The van der Waals surface area contributed by atoms with Crippen molar-refractivity contribution in [3.05, 3.63) is 47.9 Å². The van der Waals surface area contributed by atoms with Crippen LogP contribution in [0.15, 0.2) is 41.0 Å². The summed E-state index contributed by atoms with van der Waals surface area (Å²) in [6.45, 7) is 0.339. The number of methoxy groups -OCH3 is 3. The molecule has 0 aliphatic heterocycles. The zero-order chi connectivity index (χ0) is 16.7. The minimum absolute atomic E-state index is 0.227. The molecule has 0 radical (unpaired) electrons. The van der Waals surface area contributed by atoms with Gasteiger partial charge in [-0.15, -0.1) is 0 Å². The summed E-state index contributed by atoms with van der Waals surface area (Å²) in [6.07, 6.45) is 4.67. The molecule has 0 fully saturated rings. The van der Waals surface area contributed by atoms with Crippen molar-refractivity contribution in [3.8, 4) is 17.2 Å². The third kappa shape index (κ3) is 4.29. The van der Waals surface area contributed by atoms with Crippen molar-refractivity contribution in [2.75, 3.05) is 21.3 Å². The highest BCUT2D eigenvalue weighted by Gasteiger charge is 2.12. The lowest BCUT2D eigenvalue weighted by Gasteiger charge is -2.12. The minimum atomic E-state index is -0.227.